The second kappa shape index (κ2) is 6.10. The summed E-state index contributed by atoms with van der Waals surface area (Å²) in [5.74, 6) is 0.458. The van der Waals surface area contributed by atoms with E-state index in [0.29, 0.717) is 18.0 Å². The van der Waals surface area contributed by atoms with Crippen LogP contribution >= 0.6 is 22.6 Å². The van der Waals surface area contributed by atoms with Crippen LogP contribution in [0.5, 0.6) is 5.75 Å². The Morgan fingerprint density at radius 1 is 1.26 bits per heavy atom. The zero-order valence-electron chi connectivity index (χ0n) is 10.4. The third-order valence-electron chi connectivity index (χ3n) is 2.45. The van der Waals surface area contributed by atoms with Crippen LogP contribution in [-0.2, 0) is 0 Å². The van der Waals surface area contributed by atoms with Gasteiger partial charge in [-0.15, -0.1) is 0 Å². The summed E-state index contributed by atoms with van der Waals surface area (Å²) >= 11 is 2.08. The molecule has 0 fully saturated rings. The number of nitrogen functional groups attached to an aromatic ring is 1. The molecule has 0 aromatic heterocycles. The second-order valence-corrected chi connectivity index (χ2v) is 5.14. The summed E-state index contributed by atoms with van der Waals surface area (Å²) in [7, 11) is 0. The molecule has 0 saturated heterocycles. The van der Waals surface area contributed by atoms with Crippen LogP contribution in [0, 0.1) is 9.39 Å². The summed E-state index contributed by atoms with van der Waals surface area (Å²) in [4.78, 5) is 0. The minimum absolute atomic E-state index is 0.252. The maximum atomic E-state index is 13.0. The number of ether oxygens (including phenoxy) is 1. The molecule has 0 aliphatic heterocycles. The Balaban J connectivity index is 2.27. The Kier molecular flexibility index (Phi) is 4.47. The van der Waals surface area contributed by atoms with Crippen molar-refractivity contribution in [2.24, 2.45) is 0 Å². The average molecular weight is 372 g/mol. The summed E-state index contributed by atoms with van der Waals surface area (Å²) in [6.45, 7) is 2.50. The molecule has 100 valence electrons. The molecular formula is C14H14FIN2O. The predicted molar refractivity (Wildman–Crippen MR) is 84.4 cm³/mol. The highest BCUT2D eigenvalue weighted by molar-refractivity contribution is 14.1. The van der Waals surface area contributed by atoms with Gasteiger partial charge in [-0.05, 0) is 53.8 Å². The second-order valence-electron chi connectivity index (χ2n) is 3.97. The van der Waals surface area contributed by atoms with Gasteiger partial charge in [0.15, 0.2) is 0 Å². The molecule has 0 atom stereocenters. The van der Waals surface area contributed by atoms with E-state index < -0.39 is 0 Å². The van der Waals surface area contributed by atoms with Crippen molar-refractivity contribution < 1.29 is 9.13 Å². The van der Waals surface area contributed by atoms with Crippen molar-refractivity contribution in [1.29, 1.82) is 0 Å². The fraction of sp³-hybridized carbons (Fsp3) is 0.143. The number of nitrogens with one attached hydrogen (secondary N) is 1. The number of benzene rings is 2. The molecule has 2 rings (SSSR count). The first-order valence-corrected chi connectivity index (χ1v) is 6.92. The third-order valence-corrected chi connectivity index (χ3v) is 3.34. The monoisotopic (exact) mass is 372 g/mol. The van der Waals surface area contributed by atoms with Crippen molar-refractivity contribution in [3.8, 4) is 5.75 Å². The van der Waals surface area contributed by atoms with Gasteiger partial charge in [-0.25, -0.2) is 4.39 Å². The van der Waals surface area contributed by atoms with Gasteiger partial charge in [0, 0.05) is 27.1 Å². The van der Waals surface area contributed by atoms with E-state index in [0.717, 1.165) is 14.9 Å². The van der Waals surface area contributed by atoms with Crippen LogP contribution in [0.15, 0.2) is 36.4 Å². The van der Waals surface area contributed by atoms with Gasteiger partial charge >= 0.3 is 0 Å². The standard InChI is InChI=1S/C14H14FIN2O/c1-2-19-12-7-10(17)6-11(8-12)18-14-4-3-9(15)5-13(14)16/h3-8,18H,2,17H2,1H3. The minimum Gasteiger partial charge on any atom is -0.494 e. The summed E-state index contributed by atoms with van der Waals surface area (Å²) < 4.78 is 19.3. The van der Waals surface area contributed by atoms with E-state index in [1.54, 1.807) is 12.1 Å². The van der Waals surface area contributed by atoms with E-state index in [4.69, 9.17) is 10.5 Å². The van der Waals surface area contributed by atoms with E-state index in [9.17, 15) is 4.39 Å². The molecule has 0 radical (unpaired) electrons. The minimum atomic E-state index is -0.252. The normalized spacial score (nSPS) is 10.3. The van der Waals surface area contributed by atoms with Crippen LogP contribution in [0.25, 0.3) is 0 Å². The Bertz CT molecular complexity index is 590. The molecule has 0 bridgehead atoms. The fourth-order valence-electron chi connectivity index (χ4n) is 1.69. The first-order chi connectivity index (χ1) is 9.08. The van der Waals surface area contributed by atoms with Gasteiger partial charge in [0.2, 0.25) is 0 Å². The first-order valence-electron chi connectivity index (χ1n) is 5.84. The highest BCUT2D eigenvalue weighted by atomic mass is 127. The van der Waals surface area contributed by atoms with E-state index in [1.165, 1.54) is 12.1 Å². The molecule has 0 heterocycles. The lowest BCUT2D eigenvalue weighted by Crippen LogP contribution is -1.98. The first kappa shape index (κ1) is 13.9. The zero-order chi connectivity index (χ0) is 13.8. The number of halogens is 2. The van der Waals surface area contributed by atoms with E-state index in [2.05, 4.69) is 27.9 Å². The maximum absolute atomic E-state index is 13.0. The average Bonchev–Trinajstić information content (AvgIpc) is 2.32. The van der Waals surface area contributed by atoms with Gasteiger partial charge in [-0.2, -0.15) is 0 Å². The molecule has 3 N–H and O–H groups in total. The fourth-order valence-corrected chi connectivity index (χ4v) is 2.30. The van der Waals surface area contributed by atoms with Crippen LogP contribution in [-0.4, -0.2) is 6.61 Å². The molecule has 0 unspecified atom stereocenters. The number of hydrogen-bond acceptors (Lipinski definition) is 3. The molecule has 0 amide bonds. The van der Waals surface area contributed by atoms with Crippen LogP contribution in [0.2, 0.25) is 0 Å². The largest absolute Gasteiger partial charge is 0.494 e. The summed E-state index contributed by atoms with van der Waals surface area (Å²) in [6.07, 6.45) is 0. The lowest BCUT2D eigenvalue weighted by Gasteiger charge is -2.11. The summed E-state index contributed by atoms with van der Waals surface area (Å²) in [5.41, 5.74) is 8.08. The smallest absolute Gasteiger partial charge is 0.124 e. The Labute approximate surface area is 125 Å². The van der Waals surface area contributed by atoms with E-state index in [-0.39, 0.29) is 5.82 Å². The highest BCUT2D eigenvalue weighted by Gasteiger charge is 2.04. The lowest BCUT2D eigenvalue weighted by molar-refractivity contribution is 0.340. The van der Waals surface area contributed by atoms with Crippen LogP contribution in [0.4, 0.5) is 21.5 Å². The van der Waals surface area contributed by atoms with Crippen molar-refractivity contribution in [3.63, 3.8) is 0 Å². The molecule has 3 nitrogen and oxygen atoms in total. The molecule has 5 heteroatoms. The molecular weight excluding hydrogens is 358 g/mol. The quantitative estimate of drug-likeness (QED) is 0.626. The zero-order valence-corrected chi connectivity index (χ0v) is 12.6. The molecule has 0 spiro atoms. The van der Waals surface area contributed by atoms with Crippen molar-refractivity contribution in [2.45, 2.75) is 6.92 Å². The summed E-state index contributed by atoms with van der Waals surface area (Å²) in [5, 5.41) is 3.20. The van der Waals surface area contributed by atoms with E-state index in [1.807, 2.05) is 19.1 Å². The SMILES string of the molecule is CCOc1cc(N)cc(Nc2ccc(F)cc2I)c1. The maximum Gasteiger partial charge on any atom is 0.124 e. The third kappa shape index (κ3) is 3.73. The molecule has 2 aromatic rings. The van der Waals surface area contributed by atoms with Crippen LogP contribution in [0.1, 0.15) is 6.92 Å². The topological polar surface area (TPSA) is 47.3 Å². The van der Waals surface area contributed by atoms with Gasteiger partial charge in [-0.3, -0.25) is 0 Å². The van der Waals surface area contributed by atoms with Gasteiger partial charge in [0.1, 0.15) is 11.6 Å². The van der Waals surface area contributed by atoms with Crippen molar-refractivity contribution in [1.82, 2.24) is 0 Å². The van der Waals surface area contributed by atoms with E-state index >= 15 is 0 Å². The number of nitrogens with two attached hydrogens (primary N) is 1. The van der Waals surface area contributed by atoms with Crippen LogP contribution < -0.4 is 15.8 Å². The van der Waals surface area contributed by atoms with Crippen molar-refractivity contribution >= 4 is 39.7 Å². The van der Waals surface area contributed by atoms with Crippen molar-refractivity contribution in [3.05, 3.63) is 45.8 Å². The Hall–Kier alpha value is -1.50. The number of hydrogen-bond donors (Lipinski definition) is 2. The summed E-state index contributed by atoms with van der Waals surface area (Å²) in [6, 6.07) is 10.0. The molecule has 0 aliphatic rings. The molecule has 0 saturated carbocycles. The van der Waals surface area contributed by atoms with Crippen LogP contribution in [0.3, 0.4) is 0 Å². The Morgan fingerprint density at radius 3 is 2.74 bits per heavy atom. The lowest BCUT2D eigenvalue weighted by atomic mass is 10.2. The van der Waals surface area contributed by atoms with Gasteiger partial charge in [-0.1, -0.05) is 0 Å². The molecule has 2 aromatic carbocycles. The van der Waals surface area contributed by atoms with Crippen molar-refractivity contribution in [2.75, 3.05) is 17.7 Å². The predicted octanol–water partition coefficient (Wildman–Crippen LogP) is 4.15. The molecule has 19 heavy (non-hydrogen) atoms. The number of rotatable bonds is 4. The number of anilines is 3. The molecule has 0 aliphatic carbocycles. The van der Waals surface area contributed by atoms with Gasteiger partial charge in [0.25, 0.3) is 0 Å². The Morgan fingerprint density at radius 2 is 2.05 bits per heavy atom. The highest BCUT2D eigenvalue weighted by Crippen LogP contribution is 2.28. The van der Waals surface area contributed by atoms with Gasteiger partial charge in [0.05, 0.1) is 12.3 Å². The van der Waals surface area contributed by atoms with Gasteiger partial charge < -0.3 is 15.8 Å².